The number of hydrogen-bond donors (Lipinski definition) is 3. The van der Waals surface area contributed by atoms with Crippen LogP contribution in [0.4, 0.5) is 8.78 Å². The Balaban J connectivity index is 0.00000114. The molecule has 1 aliphatic carbocycles. The van der Waals surface area contributed by atoms with E-state index in [2.05, 4.69) is 0 Å². The molecule has 5 nitrogen and oxygen atoms in total. The molecular formula is C24H30BF2NO4. The highest BCUT2D eigenvalue weighted by Gasteiger charge is 2.32. The van der Waals surface area contributed by atoms with Crippen LogP contribution in [0.5, 0.6) is 0 Å². The predicted molar refractivity (Wildman–Crippen MR) is 118 cm³/mol. The second-order valence-electron chi connectivity index (χ2n) is 8.44. The van der Waals surface area contributed by atoms with Crippen LogP contribution in [-0.4, -0.2) is 29.4 Å². The fourth-order valence-electron chi connectivity index (χ4n) is 4.30. The summed E-state index contributed by atoms with van der Waals surface area (Å²) in [5.41, 5.74) is 7.80. The Kier molecular flexibility index (Phi) is 10.7. The maximum atomic E-state index is 14.5. The largest absolute Gasteiger partial charge is 0.451 e. The third-order valence-electron chi connectivity index (χ3n) is 6.17. The van der Waals surface area contributed by atoms with Crippen LogP contribution >= 0.6 is 0 Å². The summed E-state index contributed by atoms with van der Waals surface area (Å²) in [7, 11) is -1.22. The second kappa shape index (κ2) is 13.2. The molecule has 172 valence electrons. The van der Waals surface area contributed by atoms with Gasteiger partial charge in [0.05, 0.1) is 0 Å². The summed E-state index contributed by atoms with van der Waals surface area (Å²) in [6, 6.07) is 11.5. The first-order valence-electron chi connectivity index (χ1n) is 11.0. The average Bonchev–Trinajstić information content (AvgIpc) is 2.71. The Labute approximate surface area is 187 Å². The van der Waals surface area contributed by atoms with Gasteiger partial charge in [0.2, 0.25) is 0 Å². The third kappa shape index (κ3) is 7.95. The summed E-state index contributed by atoms with van der Waals surface area (Å²) >= 11 is 0. The molecule has 1 aliphatic rings. The molecule has 0 spiro atoms. The maximum Gasteiger partial charge on any atom is 0.451 e. The fourth-order valence-corrected chi connectivity index (χ4v) is 4.30. The van der Waals surface area contributed by atoms with E-state index in [1.807, 2.05) is 6.07 Å². The van der Waals surface area contributed by atoms with E-state index in [4.69, 9.17) is 25.4 Å². The van der Waals surface area contributed by atoms with Gasteiger partial charge in [-0.1, -0.05) is 43.2 Å². The van der Waals surface area contributed by atoms with E-state index in [9.17, 15) is 8.78 Å². The van der Waals surface area contributed by atoms with Gasteiger partial charge in [-0.3, -0.25) is 0 Å². The van der Waals surface area contributed by atoms with Gasteiger partial charge in [-0.05, 0) is 68.0 Å². The van der Waals surface area contributed by atoms with Gasteiger partial charge >= 0.3 is 13.3 Å². The Morgan fingerprint density at radius 3 is 2.31 bits per heavy atom. The lowest BCUT2D eigenvalue weighted by Gasteiger charge is -2.39. The van der Waals surface area contributed by atoms with Gasteiger partial charge in [0, 0.05) is 17.2 Å². The maximum absolute atomic E-state index is 14.5. The minimum atomic E-state index is -1.22. The first-order valence-corrected chi connectivity index (χ1v) is 11.0. The molecule has 0 aromatic heterocycles. The van der Waals surface area contributed by atoms with E-state index in [0.29, 0.717) is 29.3 Å². The molecule has 0 amide bonds. The Morgan fingerprint density at radius 1 is 1.03 bits per heavy atom. The van der Waals surface area contributed by atoms with Crippen molar-refractivity contribution in [1.82, 2.24) is 0 Å². The normalized spacial score (nSPS) is 18.0. The van der Waals surface area contributed by atoms with E-state index < -0.39 is 12.9 Å². The van der Waals surface area contributed by atoms with Crippen molar-refractivity contribution in [2.45, 2.75) is 57.3 Å². The topological polar surface area (TPSA) is 101 Å². The first-order chi connectivity index (χ1) is 15.3. The van der Waals surface area contributed by atoms with Gasteiger partial charge in [-0.25, -0.2) is 8.78 Å². The van der Waals surface area contributed by atoms with Crippen molar-refractivity contribution < 1.29 is 28.4 Å². The molecule has 1 fully saturated rings. The molecule has 0 heterocycles. The summed E-state index contributed by atoms with van der Waals surface area (Å²) in [4.78, 5) is 16.2. The van der Waals surface area contributed by atoms with Gasteiger partial charge in [-0.2, -0.15) is 9.59 Å². The number of benzene rings is 2. The summed E-state index contributed by atoms with van der Waals surface area (Å²) < 4.78 is 28.4. The highest BCUT2D eigenvalue weighted by atomic mass is 19.1. The van der Waals surface area contributed by atoms with Gasteiger partial charge < -0.3 is 15.8 Å². The molecule has 1 unspecified atom stereocenters. The minimum Gasteiger partial charge on any atom is -0.427 e. The Bertz CT molecular complexity index is 884. The SMILES string of the molecule is NC(CCCCB(O)O)C1CC(CCc2ccc(-c3ccccc3F)c(F)c2)C1.O=C=O. The zero-order valence-corrected chi connectivity index (χ0v) is 18.1. The van der Waals surface area contributed by atoms with Crippen LogP contribution in [0.3, 0.4) is 0 Å². The summed E-state index contributed by atoms with van der Waals surface area (Å²) in [5, 5.41) is 17.7. The first kappa shape index (κ1) is 25.9. The van der Waals surface area contributed by atoms with E-state index >= 15 is 0 Å². The number of halogens is 2. The molecule has 32 heavy (non-hydrogen) atoms. The molecule has 2 aromatic rings. The van der Waals surface area contributed by atoms with E-state index in [0.717, 1.165) is 50.5 Å². The van der Waals surface area contributed by atoms with E-state index in [-0.39, 0.29) is 18.0 Å². The van der Waals surface area contributed by atoms with Gasteiger partial charge in [0.25, 0.3) is 0 Å². The predicted octanol–water partition coefficient (Wildman–Crippen LogP) is 3.98. The second-order valence-corrected chi connectivity index (χ2v) is 8.44. The average molecular weight is 445 g/mol. The number of hydrogen-bond acceptors (Lipinski definition) is 5. The highest BCUT2D eigenvalue weighted by molar-refractivity contribution is 6.40. The van der Waals surface area contributed by atoms with Gasteiger partial charge in [0.1, 0.15) is 11.6 Å². The highest BCUT2D eigenvalue weighted by Crippen LogP contribution is 2.39. The lowest BCUT2D eigenvalue weighted by atomic mass is 9.68. The summed E-state index contributed by atoms with van der Waals surface area (Å²) in [6.07, 6.45) is 7.34. The molecule has 0 bridgehead atoms. The minimum absolute atomic E-state index is 0.180. The van der Waals surface area contributed by atoms with Crippen LogP contribution < -0.4 is 5.73 Å². The molecular weight excluding hydrogens is 415 g/mol. The number of nitrogens with two attached hydrogens (primary N) is 1. The van der Waals surface area contributed by atoms with Crippen molar-refractivity contribution in [3.8, 4) is 11.1 Å². The molecule has 0 saturated heterocycles. The molecule has 3 rings (SSSR count). The quantitative estimate of drug-likeness (QED) is 0.380. The number of aryl methyl sites for hydroxylation is 1. The van der Waals surface area contributed by atoms with Crippen LogP contribution in [0.25, 0.3) is 11.1 Å². The standard InChI is InChI=1S/C23H30BF2NO2.CO2/c25-21-6-2-1-5-19(21)20-11-10-16(15-22(20)26)8-9-17-13-18(14-17)23(27)7-3-4-12-24(28)29;2-1-3/h1-2,5-6,10-11,15,17-18,23,28-29H,3-4,7-9,12-14,27H2;. The zero-order valence-electron chi connectivity index (χ0n) is 18.1. The van der Waals surface area contributed by atoms with E-state index in [1.54, 1.807) is 24.3 Å². The summed E-state index contributed by atoms with van der Waals surface area (Å²) in [5.74, 6) is 0.372. The van der Waals surface area contributed by atoms with Crippen molar-refractivity contribution in [3.05, 3.63) is 59.7 Å². The van der Waals surface area contributed by atoms with Crippen LogP contribution in [0.1, 0.15) is 44.1 Å². The van der Waals surface area contributed by atoms with Crippen LogP contribution in [0.2, 0.25) is 6.32 Å². The van der Waals surface area contributed by atoms with Crippen molar-refractivity contribution >= 4 is 13.3 Å². The lowest BCUT2D eigenvalue weighted by molar-refractivity contribution is -0.191. The van der Waals surface area contributed by atoms with Crippen molar-refractivity contribution in [1.29, 1.82) is 0 Å². The molecule has 4 N–H and O–H groups in total. The molecule has 8 heteroatoms. The van der Waals surface area contributed by atoms with Crippen molar-refractivity contribution in [2.75, 3.05) is 0 Å². The van der Waals surface area contributed by atoms with Crippen LogP contribution in [0.15, 0.2) is 42.5 Å². The molecule has 0 radical (unpaired) electrons. The van der Waals surface area contributed by atoms with E-state index in [1.165, 1.54) is 12.1 Å². The molecule has 0 aliphatic heterocycles. The zero-order chi connectivity index (χ0) is 23.5. The number of unbranched alkanes of at least 4 members (excludes halogenated alkanes) is 1. The van der Waals surface area contributed by atoms with Gasteiger partial charge in [0.15, 0.2) is 0 Å². The fraction of sp³-hybridized carbons (Fsp3) is 0.458. The van der Waals surface area contributed by atoms with Crippen LogP contribution in [-0.2, 0) is 16.0 Å². The summed E-state index contributed by atoms with van der Waals surface area (Å²) in [6.45, 7) is 0. The lowest BCUT2D eigenvalue weighted by Crippen LogP contribution is -2.39. The van der Waals surface area contributed by atoms with Crippen molar-refractivity contribution in [2.24, 2.45) is 17.6 Å². The van der Waals surface area contributed by atoms with Crippen LogP contribution in [0, 0.1) is 23.5 Å². The third-order valence-corrected chi connectivity index (χ3v) is 6.17. The smallest absolute Gasteiger partial charge is 0.427 e. The Morgan fingerprint density at radius 2 is 1.69 bits per heavy atom. The molecule has 1 saturated carbocycles. The molecule has 1 atom stereocenters. The monoisotopic (exact) mass is 445 g/mol. The Hall–Kier alpha value is -2.38. The number of carbonyl (C=O) groups excluding carboxylic acids is 2. The van der Waals surface area contributed by atoms with Gasteiger partial charge in [-0.15, -0.1) is 0 Å². The molecule has 2 aromatic carbocycles. The number of rotatable bonds is 10. The van der Waals surface area contributed by atoms with Crippen molar-refractivity contribution in [3.63, 3.8) is 0 Å².